The molecule has 0 amide bonds. The minimum Gasteiger partial charge on any atom is -0.469 e. The van der Waals surface area contributed by atoms with E-state index in [1.54, 1.807) is 0 Å². The van der Waals surface area contributed by atoms with E-state index < -0.39 is 0 Å². The highest BCUT2D eigenvalue weighted by molar-refractivity contribution is 5.69. The summed E-state index contributed by atoms with van der Waals surface area (Å²) in [4.78, 5) is 11.2. The average molecular weight is 244 g/mol. The van der Waals surface area contributed by atoms with E-state index in [4.69, 9.17) is 5.26 Å². The second-order valence-corrected chi connectivity index (χ2v) is 4.58. The van der Waals surface area contributed by atoms with Gasteiger partial charge < -0.3 is 10.1 Å². The molecule has 4 heteroatoms. The standard InChI is InChI=1S/C14H16N2O2/c1-18-14(17)7-11-6-13(16-9-11)12-4-2-10(8-15)3-5-12/h2-5,11,13,16H,6-7,9H2,1H3/t11-,13-/m0/s1. The van der Waals surface area contributed by atoms with Crippen LogP contribution in [0.1, 0.15) is 30.0 Å². The fourth-order valence-corrected chi connectivity index (χ4v) is 2.33. The summed E-state index contributed by atoms with van der Waals surface area (Å²) in [5, 5.41) is 12.1. The molecule has 0 aromatic heterocycles. The smallest absolute Gasteiger partial charge is 0.305 e. The third kappa shape index (κ3) is 2.88. The van der Waals surface area contributed by atoms with Gasteiger partial charge in [0.1, 0.15) is 0 Å². The van der Waals surface area contributed by atoms with Crippen LogP contribution in [0, 0.1) is 17.2 Å². The van der Waals surface area contributed by atoms with Crippen molar-refractivity contribution in [2.45, 2.75) is 18.9 Å². The Labute approximate surface area is 107 Å². The highest BCUT2D eigenvalue weighted by atomic mass is 16.5. The van der Waals surface area contributed by atoms with Crippen LogP contribution in [0.5, 0.6) is 0 Å². The van der Waals surface area contributed by atoms with Crippen LogP contribution in [0.4, 0.5) is 0 Å². The second kappa shape index (κ2) is 5.65. The summed E-state index contributed by atoms with van der Waals surface area (Å²) >= 11 is 0. The Balaban J connectivity index is 1.95. The van der Waals surface area contributed by atoms with Crippen LogP contribution in [0.25, 0.3) is 0 Å². The molecule has 0 spiro atoms. The van der Waals surface area contributed by atoms with E-state index in [2.05, 4.69) is 16.1 Å². The fourth-order valence-electron chi connectivity index (χ4n) is 2.33. The van der Waals surface area contributed by atoms with Gasteiger partial charge in [-0.05, 0) is 36.6 Å². The first-order valence-corrected chi connectivity index (χ1v) is 6.03. The Kier molecular flexibility index (Phi) is 3.96. The lowest BCUT2D eigenvalue weighted by molar-refractivity contribution is -0.141. The molecule has 1 aromatic rings. The summed E-state index contributed by atoms with van der Waals surface area (Å²) in [6.45, 7) is 0.833. The van der Waals surface area contributed by atoms with Gasteiger partial charge in [-0.15, -0.1) is 0 Å². The van der Waals surface area contributed by atoms with Crippen LogP contribution in [-0.2, 0) is 9.53 Å². The number of hydrogen-bond donors (Lipinski definition) is 1. The van der Waals surface area contributed by atoms with E-state index >= 15 is 0 Å². The van der Waals surface area contributed by atoms with Gasteiger partial charge in [0.05, 0.1) is 18.7 Å². The topological polar surface area (TPSA) is 62.1 Å². The molecule has 2 atom stereocenters. The first kappa shape index (κ1) is 12.6. The number of esters is 1. The summed E-state index contributed by atoms with van der Waals surface area (Å²) in [6.07, 6.45) is 1.40. The first-order valence-electron chi connectivity index (χ1n) is 6.03. The molecule has 18 heavy (non-hydrogen) atoms. The van der Waals surface area contributed by atoms with Gasteiger partial charge in [-0.25, -0.2) is 0 Å². The molecule has 1 aliphatic rings. The van der Waals surface area contributed by atoms with E-state index in [1.165, 1.54) is 12.7 Å². The summed E-state index contributed by atoms with van der Waals surface area (Å²) in [6, 6.07) is 9.96. The Hall–Kier alpha value is -1.86. The summed E-state index contributed by atoms with van der Waals surface area (Å²) in [7, 11) is 1.42. The normalized spacial score (nSPS) is 22.4. The number of carbonyl (C=O) groups is 1. The molecule has 0 saturated carbocycles. The lowest BCUT2D eigenvalue weighted by Gasteiger charge is -2.10. The van der Waals surface area contributed by atoms with Crippen molar-refractivity contribution >= 4 is 5.97 Å². The summed E-state index contributed by atoms with van der Waals surface area (Å²) in [5.74, 6) is 0.181. The quantitative estimate of drug-likeness (QED) is 0.823. The molecule has 0 unspecified atom stereocenters. The van der Waals surface area contributed by atoms with Crippen molar-refractivity contribution in [3.8, 4) is 6.07 Å². The monoisotopic (exact) mass is 244 g/mol. The predicted octanol–water partition coefficient (Wildman–Crippen LogP) is 1.77. The third-order valence-electron chi connectivity index (χ3n) is 3.35. The number of nitrogens with one attached hydrogen (secondary N) is 1. The van der Waals surface area contributed by atoms with E-state index in [-0.39, 0.29) is 12.0 Å². The molecule has 0 radical (unpaired) electrons. The molecule has 0 bridgehead atoms. The number of nitrogens with zero attached hydrogens (tertiary/aromatic N) is 1. The highest BCUT2D eigenvalue weighted by Gasteiger charge is 2.27. The molecule has 94 valence electrons. The van der Waals surface area contributed by atoms with Gasteiger partial charge >= 0.3 is 5.97 Å². The van der Waals surface area contributed by atoms with Crippen molar-refractivity contribution in [2.24, 2.45) is 5.92 Å². The number of carbonyl (C=O) groups excluding carboxylic acids is 1. The molecule has 0 aliphatic carbocycles. The maximum Gasteiger partial charge on any atom is 0.305 e. The van der Waals surface area contributed by atoms with Crippen LogP contribution in [-0.4, -0.2) is 19.6 Å². The van der Waals surface area contributed by atoms with Gasteiger partial charge in [0.15, 0.2) is 0 Å². The summed E-state index contributed by atoms with van der Waals surface area (Å²) in [5.41, 5.74) is 1.84. The van der Waals surface area contributed by atoms with Crippen LogP contribution in [0.3, 0.4) is 0 Å². The van der Waals surface area contributed by atoms with Crippen LogP contribution in [0.15, 0.2) is 24.3 Å². The number of rotatable bonds is 3. The first-order chi connectivity index (χ1) is 8.72. The molecule has 4 nitrogen and oxygen atoms in total. The maximum absolute atomic E-state index is 11.2. The number of methoxy groups -OCH3 is 1. The Bertz CT molecular complexity index is 462. The van der Waals surface area contributed by atoms with Gasteiger partial charge in [0.2, 0.25) is 0 Å². The second-order valence-electron chi connectivity index (χ2n) is 4.58. The van der Waals surface area contributed by atoms with E-state index in [0.717, 1.165) is 13.0 Å². The van der Waals surface area contributed by atoms with Gasteiger partial charge in [-0.1, -0.05) is 12.1 Å². The number of ether oxygens (including phenoxy) is 1. The van der Waals surface area contributed by atoms with E-state index in [0.29, 0.717) is 17.9 Å². The van der Waals surface area contributed by atoms with Crippen LogP contribution >= 0.6 is 0 Å². The molecular weight excluding hydrogens is 228 g/mol. The number of benzene rings is 1. The minimum atomic E-state index is -0.151. The van der Waals surface area contributed by atoms with Crippen molar-refractivity contribution in [1.29, 1.82) is 5.26 Å². The Morgan fingerprint density at radius 3 is 2.83 bits per heavy atom. The van der Waals surface area contributed by atoms with E-state index in [1.807, 2.05) is 24.3 Å². The highest BCUT2D eigenvalue weighted by Crippen LogP contribution is 2.29. The molecule has 1 N–H and O–H groups in total. The van der Waals surface area contributed by atoms with E-state index in [9.17, 15) is 4.79 Å². The average Bonchev–Trinajstić information content (AvgIpc) is 2.87. The van der Waals surface area contributed by atoms with Crippen molar-refractivity contribution < 1.29 is 9.53 Å². The SMILES string of the molecule is COC(=O)C[C@H]1CN[C@H](c2ccc(C#N)cc2)C1. The molecular formula is C14H16N2O2. The molecule has 1 fully saturated rings. The zero-order valence-electron chi connectivity index (χ0n) is 10.3. The van der Waals surface area contributed by atoms with Gasteiger partial charge in [0.25, 0.3) is 0 Å². The van der Waals surface area contributed by atoms with Crippen LogP contribution < -0.4 is 5.32 Å². The molecule has 1 saturated heterocycles. The molecule has 2 rings (SSSR count). The van der Waals surface area contributed by atoms with Gasteiger partial charge in [0, 0.05) is 12.5 Å². The molecule has 1 aromatic carbocycles. The number of hydrogen-bond acceptors (Lipinski definition) is 4. The minimum absolute atomic E-state index is 0.151. The summed E-state index contributed by atoms with van der Waals surface area (Å²) < 4.78 is 4.68. The zero-order valence-corrected chi connectivity index (χ0v) is 10.3. The van der Waals surface area contributed by atoms with Crippen molar-refractivity contribution in [3.63, 3.8) is 0 Å². The van der Waals surface area contributed by atoms with Crippen LogP contribution in [0.2, 0.25) is 0 Å². The number of nitriles is 1. The fraction of sp³-hybridized carbons (Fsp3) is 0.429. The predicted molar refractivity (Wildman–Crippen MR) is 66.6 cm³/mol. The Morgan fingerprint density at radius 1 is 1.50 bits per heavy atom. The van der Waals surface area contributed by atoms with Crippen molar-refractivity contribution in [2.75, 3.05) is 13.7 Å². The van der Waals surface area contributed by atoms with Crippen molar-refractivity contribution in [3.05, 3.63) is 35.4 Å². The van der Waals surface area contributed by atoms with Gasteiger partial charge in [-0.2, -0.15) is 5.26 Å². The molecule has 1 aliphatic heterocycles. The lowest BCUT2D eigenvalue weighted by Crippen LogP contribution is -2.15. The maximum atomic E-state index is 11.2. The third-order valence-corrected chi connectivity index (χ3v) is 3.35. The zero-order chi connectivity index (χ0) is 13.0. The largest absolute Gasteiger partial charge is 0.469 e. The Morgan fingerprint density at radius 2 is 2.22 bits per heavy atom. The lowest BCUT2D eigenvalue weighted by atomic mass is 9.97. The van der Waals surface area contributed by atoms with Gasteiger partial charge in [-0.3, -0.25) is 4.79 Å². The molecule has 1 heterocycles. The van der Waals surface area contributed by atoms with Crippen molar-refractivity contribution in [1.82, 2.24) is 5.32 Å².